The number of carbonyl (C=O) groups excluding carboxylic acids is 1. The van der Waals surface area contributed by atoms with Crippen molar-refractivity contribution in [3.63, 3.8) is 0 Å². The fraction of sp³-hybridized carbons (Fsp3) is 0.550. The molecule has 2 N–H and O–H groups in total. The van der Waals surface area contributed by atoms with Crippen molar-refractivity contribution in [3.05, 3.63) is 35.6 Å². The second-order valence-electron chi connectivity index (χ2n) is 7.02. The second kappa shape index (κ2) is 8.20. The minimum atomic E-state index is -0.175. The maximum Gasteiger partial charge on any atom is 0.287 e. The average molecular weight is 358 g/mol. The first-order chi connectivity index (χ1) is 12.8. The van der Waals surface area contributed by atoms with Crippen molar-refractivity contribution in [2.45, 2.75) is 44.4 Å². The van der Waals surface area contributed by atoms with Gasteiger partial charge in [-0.15, -0.1) is 0 Å². The lowest BCUT2D eigenvalue weighted by molar-refractivity contribution is 0.0835. The summed E-state index contributed by atoms with van der Waals surface area (Å²) in [6.07, 6.45) is 4.65. The number of benzene rings is 1. The molecule has 1 aromatic carbocycles. The highest BCUT2D eigenvalue weighted by Crippen LogP contribution is 2.26. The Morgan fingerprint density at radius 1 is 1.04 bits per heavy atom. The number of rotatable bonds is 7. The molecule has 2 saturated heterocycles. The van der Waals surface area contributed by atoms with E-state index in [4.69, 9.17) is 13.9 Å². The molecule has 0 spiro atoms. The van der Waals surface area contributed by atoms with E-state index in [0.29, 0.717) is 18.8 Å². The molecular formula is C20H26N2O4. The van der Waals surface area contributed by atoms with E-state index in [1.54, 1.807) is 0 Å². The summed E-state index contributed by atoms with van der Waals surface area (Å²) in [6, 6.07) is 7.79. The van der Waals surface area contributed by atoms with Crippen LogP contribution in [0.5, 0.6) is 0 Å². The highest BCUT2D eigenvalue weighted by Gasteiger charge is 2.23. The number of para-hydroxylation sites is 1. The van der Waals surface area contributed by atoms with Gasteiger partial charge in [-0.2, -0.15) is 0 Å². The molecule has 4 rings (SSSR count). The summed E-state index contributed by atoms with van der Waals surface area (Å²) in [4.78, 5) is 12.7. The van der Waals surface area contributed by atoms with Crippen LogP contribution < -0.4 is 10.6 Å². The van der Waals surface area contributed by atoms with E-state index in [9.17, 15) is 4.79 Å². The molecule has 0 bridgehead atoms. The number of nitrogens with one attached hydrogen (secondary N) is 2. The van der Waals surface area contributed by atoms with Gasteiger partial charge in [-0.05, 0) is 31.7 Å². The Kier molecular flexibility index (Phi) is 5.53. The van der Waals surface area contributed by atoms with Gasteiger partial charge >= 0.3 is 0 Å². The minimum absolute atomic E-state index is 0.115. The average Bonchev–Trinajstić information content (AvgIpc) is 3.41. The Hall–Kier alpha value is -1.89. The van der Waals surface area contributed by atoms with Crippen molar-refractivity contribution in [1.29, 1.82) is 0 Å². The maximum atomic E-state index is 12.7. The van der Waals surface area contributed by atoms with Crippen LogP contribution in [0.15, 0.2) is 28.7 Å². The summed E-state index contributed by atoms with van der Waals surface area (Å²) in [6.45, 7) is 3.52. The van der Waals surface area contributed by atoms with Gasteiger partial charge in [0.1, 0.15) is 5.58 Å². The topological polar surface area (TPSA) is 72.7 Å². The number of amides is 1. The zero-order valence-corrected chi connectivity index (χ0v) is 15.0. The molecule has 1 aromatic heterocycles. The third kappa shape index (κ3) is 3.92. The number of carbonyl (C=O) groups is 1. The molecule has 0 radical (unpaired) electrons. The van der Waals surface area contributed by atoms with Gasteiger partial charge in [-0.1, -0.05) is 18.2 Å². The standard InChI is InChI=1S/C20H26N2O4/c23-20(22-12-15-6-4-10-25-15)19-17(13-21-11-14-5-3-9-24-14)16-7-1-2-8-18(16)26-19/h1-2,7-8,14-15,21H,3-6,9-13H2,(H,22,23)/t14-,15-/m0/s1. The van der Waals surface area contributed by atoms with E-state index in [2.05, 4.69) is 10.6 Å². The van der Waals surface area contributed by atoms with E-state index < -0.39 is 0 Å². The number of furan rings is 1. The summed E-state index contributed by atoms with van der Waals surface area (Å²) in [5.41, 5.74) is 1.65. The second-order valence-corrected chi connectivity index (χ2v) is 7.02. The van der Waals surface area contributed by atoms with E-state index in [1.165, 1.54) is 0 Å². The Labute approximate surface area is 153 Å². The van der Waals surface area contributed by atoms with Crippen molar-refractivity contribution in [3.8, 4) is 0 Å². The predicted molar refractivity (Wildman–Crippen MR) is 98.2 cm³/mol. The molecule has 6 heteroatoms. The first-order valence-corrected chi connectivity index (χ1v) is 9.54. The number of fused-ring (bicyclic) bond motifs is 1. The predicted octanol–water partition coefficient (Wildman–Crippen LogP) is 2.61. The number of hydrogen-bond donors (Lipinski definition) is 2. The molecule has 0 aliphatic carbocycles. The molecule has 26 heavy (non-hydrogen) atoms. The van der Waals surface area contributed by atoms with Crippen LogP contribution in [0, 0.1) is 0 Å². The molecule has 140 valence electrons. The smallest absolute Gasteiger partial charge is 0.287 e. The first kappa shape index (κ1) is 17.5. The summed E-state index contributed by atoms with van der Waals surface area (Å²) < 4.78 is 17.1. The van der Waals surface area contributed by atoms with Crippen molar-refractivity contribution in [2.24, 2.45) is 0 Å². The fourth-order valence-corrected chi connectivity index (χ4v) is 3.71. The van der Waals surface area contributed by atoms with Crippen molar-refractivity contribution < 1.29 is 18.7 Å². The van der Waals surface area contributed by atoms with Crippen LogP contribution >= 0.6 is 0 Å². The van der Waals surface area contributed by atoms with Crippen LogP contribution in [-0.4, -0.2) is 44.4 Å². The summed E-state index contributed by atoms with van der Waals surface area (Å²) in [5, 5.41) is 7.37. The van der Waals surface area contributed by atoms with Crippen LogP contribution in [0.3, 0.4) is 0 Å². The van der Waals surface area contributed by atoms with Crippen molar-refractivity contribution in [1.82, 2.24) is 10.6 Å². The van der Waals surface area contributed by atoms with Gasteiger partial charge in [-0.25, -0.2) is 0 Å². The molecular weight excluding hydrogens is 332 g/mol. The van der Waals surface area contributed by atoms with Crippen LogP contribution in [0.2, 0.25) is 0 Å². The highest BCUT2D eigenvalue weighted by atomic mass is 16.5. The van der Waals surface area contributed by atoms with Gasteiger partial charge in [0, 0.05) is 43.8 Å². The lowest BCUT2D eigenvalue weighted by Crippen LogP contribution is -2.32. The quantitative estimate of drug-likeness (QED) is 0.796. The third-order valence-electron chi connectivity index (χ3n) is 5.12. The normalized spacial score (nSPS) is 22.9. The molecule has 0 saturated carbocycles. The van der Waals surface area contributed by atoms with E-state index in [0.717, 1.165) is 62.0 Å². The van der Waals surface area contributed by atoms with Crippen molar-refractivity contribution >= 4 is 16.9 Å². The Balaban J connectivity index is 1.46. The van der Waals surface area contributed by atoms with E-state index in [1.807, 2.05) is 24.3 Å². The lowest BCUT2D eigenvalue weighted by Gasteiger charge is -2.12. The Bertz CT molecular complexity index is 745. The molecule has 6 nitrogen and oxygen atoms in total. The summed E-state index contributed by atoms with van der Waals surface area (Å²) in [5.74, 6) is 0.217. The largest absolute Gasteiger partial charge is 0.451 e. The van der Waals surface area contributed by atoms with Gasteiger partial charge in [-0.3, -0.25) is 4.79 Å². The van der Waals surface area contributed by atoms with Gasteiger partial charge in [0.05, 0.1) is 12.2 Å². The van der Waals surface area contributed by atoms with Gasteiger partial charge < -0.3 is 24.5 Å². The molecule has 2 aromatic rings. The monoisotopic (exact) mass is 358 g/mol. The highest BCUT2D eigenvalue weighted by molar-refractivity contribution is 5.99. The van der Waals surface area contributed by atoms with Crippen LogP contribution in [-0.2, 0) is 16.0 Å². The molecule has 3 heterocycles. The van der Waals surface area contributed by atoms with Crippen LogP contribution in [0.25, 0.3) is 11.0 Å². The van der Waals surface area contributed by atoms with Gasteiger partial charge in [0.25, 0.3) is 5.91 Å². The third-order valence-corrected chi connectivity index (χ3v) is 5.12. The molecule has 0 unspecified atom stereocenters. The zero-order valence-electron chi connectivity index (χ0n) is 15.0. The van der Waals surface area contributed by atoms with Gasteiger partial charge in [0.15, 0.2) is 5.76 Å². The first-order valence-electron chi connectivity index (χ1n) is 9.54. The van der Waals surface area contributed by atoms with Crippen LogP contribution in [0.1, 0.15) is 41.8 Å². The zero-order chi connectivity index (χ0) is 17.8. The van der Waals surface area contributed by atoms with Gasteiger partial charge in [0.2, 0.25) is 0 Å². The maximum absolute atomic E-state index is 12.7. The molecule has 2 aliphatic rings. The number of ether oxygens (including phenoxy) is 2. The lowest BCUT2D eigenvalue weighted by atomic mass is 10.1. The van der Waals surface area contributed by atoms with E-state index >= 15 is 0 Å². The SMILES string of the molecule is O=C(NC[C@@H]1CCCO1)c1oc2ccccc2c1CNC[C@@H]1CCCO1. The Morgan fingerprint density at radius 2 is 1.77 bits per heavy atom. The van der Waals surface area contributed by atoms with Crippen molar-refractivity contribution in [2.75, 3.05) is 26.3 Å². The summed E-state index contributed by atoms with van der Waals surface area (Å²) in [7, 11) is 0. The Morgan fingerprint density at radius 3 is 2.50 bits per heavy atom. The fourth-order valence-electron chi connectivity index (χ4n) is 3.71. The molecule has 2 atom stereocenters. The molecule has 2 fully saturated rings. The molecule has 2 aliphatic heterocycles. The minimum Gasteiger partial charge on any atom is -0.451 e. The summed E-state index contributed by atoms with van der Waals surface area (Å²) >= 11 is 0. The van der Waals surface area contributed by atoms with E-state index in [-0.39, 0.29) is 18.1 Å². The van der Waals surface area contributed by atoms with Crippen LogP contribution in [0.4, 0.5) is 0 Å². The molecule has 1 amide bonds. The number of hydrogen-bond acceptors (Lipinski definition) is 5.